The molecular weight excluding hydrogens is 304 g/mol. The molecule has 0 bridgehead atoms. The average Bonchev–Trinajstić information content (AvgIpc) is 2.40. The van der Waals surface area contributed by atoms with Crippen LogP contribution in [0.4, 0.5) is 14.5 Å². The van der Waals surface area contributed by atoms with Crippen molar-refractivity contribution < 1.29 is 26.5 Å². The number of rotatable bonds is 3. The first-order valence-corrected chi connectivity index (χ1v) is 7.05. The minimum absolute atomic E-state index is 0.0293. The Hall–Kier alpha value is -2.32. The smallest absolute Gasteiger partial charge is 0.297 e. The second-order valence-electron chi connectivity index (χ2n) is 4.08. The van der Waals surface area contributed by atoms with Gasteiger partial charge in [-0.05, 0) is 42.5 Å². The number of nitrogens with one attached hydrogen (secondary N) is 1. The SMILES string of the molecule is O=C(Nc1ccc(F)c(S(=O)(=O)O)c1)c1ccc(F)cc1. The fraction of sp³-hybridized carbons (Fsp3) is 0. The molecule has 21 heavy (non-hydrogen) atoms. The van der Waals surface area contributed by atoms with Crippen LogP contribution in [0.25, 0.3) is 0 Å². The number of carbonyl (C=O) groups is 1. The number of hydrogen-bond acceptors (Lipinski definition) is 3. The zero-order valence-corrected chi connectivity index (χ0v) is 11.2. The number of amides is 1. The van der Waals surface area contributed by atoms with E-state index in [-0.39, 0.29) is 11.3 Å². The molecule has 0 aliphatic rings. The van der Waals surface area contributed by atoms with Gasteiger partial charge in [0.05, 0.1) is 0 Å². The predicted octanol–water partition coefficient (Wildman–Crippen LogP) is 2.46. The largest absolute Gasteiger partial charge is 0.322 e. The Kier molecular flexibility index (Phi) is 4.01. The molecule has 0 aliphatic carbocycles. The van der Waals surface area contributed by atoms with E-state index in [4.69, 9.17) is 4.55 Å². The summed E-state index contributed by atoms with van der Waals surface area (Å²) in [5, 5.41) is 2.31. The lowest BCUT2D eigenvalue weighted by Gasteiger charge is -2.07. The normalized spacial score (nSPS) is 11.2. The summed E-state index contributed by atoms with van der Waals surface area (Å²) >= 11 is 0. The maximum absolute atomic E-state index is 13.3. The third kappa shape index (κ3) is 3.61. The summed E-state index contributed by atoms with van der Waals surface area (Å²) in [5.74, 6) is -2.29. The second-order valence-corrected chi connectivity index (χ2v) is 5.47. The maximum atomic E-state index is 13.3. The Labute approximate surface area is 119 Å². The van der Waals surface area contributed by atoms with Gasteiger partial charge in [-0.25, -0.2) is 8.78 Å². The number of hydrogen-bond donors (Lipinski definition) is 2. The molecule has 0 radical (unpaired) electrons. The number of anilines is 1. The molecule has 2 N–H and O–H groups in total. The molecule has 2 aromatic rings. The minimum Gasteiger partial charge on any atom is -0.322 e. The fourth-order valence-electron chi connectivity index (χ4n) is 1.58. The van der Waals surface area contributed by atoms with Gasteiger partial charge in [0.25, 0.3) is 16.0 Å². The lowest BCUT2D eigenvalue weighted by atomic mass is 10.2. The number of benzene rings is 2. The van der Waals surface area contributed by atoms with Gasteiger partial charge in [-0.3, -0.25) is 9.35 Å². The van der Waals surface area contributed by atoms with Gasteiger partial charge < -0.3 is 5.32 Å². The van der Waals surface area contributed by atoms with Crippen LogP contribution in [0.3, 0.4) is 0 Å². The van der Waals surface area contributed by atoms with Crippen molar-refractivity contribution in [1.29, 1.82) is 0 Å². The van der Waals surface area contributed by atoms with Gasteiger partial charge in [0.2, 0.25) is 0 Å². The molecular formula is C13H9F2NO4S. The van der Waals surface area contributed by atoms with E-state index in [0.717, 1.165) is 30.3 Å². The van der Waals surface area contributed by atoms with Crippen molar-refractivity contribution >= 4 is 21.7 Å². The van der Waals surface area contributed by atoms with Crippen LogP contribution in [0.1, 0.15) is 10.4 Å². The third-order valence-corrected chi connectivity index (χ3v) is 3.44. The van der Waals surface area contributed by atoms with Crippen LogP contribution in [0.2, 0.25) is 0 Å². The third-order valence-electron chi connectivity index (χ3n) is 2.57. The van der Waals surface area contributed by atoms with E-state index in [9.17, 15) is 22.0 Å². The highest BCUT2D eigenvalue weighted by Crippen LogP contribution is 2.20. The highest BCUT2D eigenvalue weighted by atomic mass is 32.2. The minimum atomic E-state index is -4.74. The Morgan fingerprint density at radius 3 is 2.24 bits per heavy atom. The average molecular weight is 313 g/mol. The van der Waals surface area contributed by atoms with Crippen molar-refractivity contribution in [3.63, 3.8) is 0 Å². The zero-order valence-electron chi connectivity index (χ0n) is 10.4. The Balaban J connectivity index is 2.28. The van der Waals surface area contributed by atoms with Gasteiger partial charge in [-0.2, -0.15) is 8.42 Å². The van der Waals surface area contributed by atoms with E-state index in [0.29, 0.717) is 0 Å². The Morgan fingerprint density at radius 1 is 1.05 bits per heavy atom. The monoisotopic (exact) mass is 313 g/mol. The van der Waals surface area contributed by atoms with Crippen molar-refractivity contribution in [2.45, 2.75) is 4.90 Å². The van der Waals surface area contributed by atoms with Crippen LogP contribution in [0, 0.1) is 11.6 Å². The van der Waals surface area contributed by atoms with Gasteiger partial charge in [0.15, 0.2) is 0 Å². The molecule has 2 rings (SSSR count). The van der Waals surface area contributed by atoms with Gasteiger partial charge in [0, 0.05) is 11.3 Å². The van der Waals surface area contributed by atoms with E-state index in [1.54, 1.807) is 0 Å². The highest BCUT2D eigenvalue weighted by molar-refractivity contribution is 7.85. The quantitative estimate of drug-likeness (QED) is 0.853. The molecule has 0 atom stereocenters. The van der Waals surface area contributed by atoms with Crippen molar-refractivity contribution in [3.05, 3.63) is 59.7 Å². The van der Waals surface area contributed by atoms with Gasteiger partial charge >= 0.3 is 0 Å². The summed E-state index contributed by atoms with van der Waals surface area (Å²) in [6, 6.07) is 7.35. The molecule has 0 aromatic heterocycles. The molecule has 0 saturated heterocycles. The molecule has 0 heterocycles. The molecule has 0 aliphatic heterocycles. The van der Waals surface area contributed by atoms with Crippen LogP contribution in [0.5, 0.6) is 0 Å². The fourth-order valence-corrected chi connectivity index (χ4v) is 2.17. The summed E-state index contributed by atoms with van der Waals surface area (Å²) in [5.41, 5.74) is 0.104. The molecule has 1 amide bonds. The number of halogens is 2. The van der Waals surface area contributed by atoms with Crippen molar-refractivity contribution in [2.24, 2.45) is 0 Å². The van der Waals surface area contributed by atoms with E-state index in [2.05, 4.69) is 5.32 Å². The topological polar surface area (TPSA) is 83.5 Å². The van der Waals surface area contributed by atoms with Crippen LogP contribution in [0.15, 0.2) is 47.4 Å². The lowest BCUT2D eigenvalue weighted by Crippen LogP contribution is -2.12. The molecule has 5 nitrogen and oxygen atoms in total. The standard InChI is InChI=1S/C13H9F2NO4S/c14-9-3-1-8(2-4-9)13(17)16-10-5-6-11(15)12(7-10)21(18,19)20/h1-7H,(H,16,17)(H,18,19,20). The molecule has 0 spiro atoms. The van der Waals surface area contributed by atoms with Crippen LogP contribution < -0.4 is 5.32 Å². The predicted molar refractivity (Wildman–Crippen MR) is 70.6 cm³/mol. The van der Waals surface area contributed by atoms with Gasteiger partial charge in [-0.1, -0.05) is 0 Å². The van der Waals surface area contributed by atoms with E-state index in [1.165, 1.54) is 12.1 Å². The molecule has 0 unspecified atom stereocenters. The van der Waals surface area contributed by atoms with Crippen LogP contribution >= 0.6 is 0 Å². The number of carbonyl (C=O) groups excluding carboxylic acids is 1. The summed E-state index contributed by atoms with van der Waals surface area (Å²) in [7, 11) is -4.74. The summed E-state index contributed by atoms with van der Waals surface area (Å²) in [6.07, 6.45) is 0. The highest BCUT2D eigenvalue weighted by Gasteiger charge is 2.17. The second kappa shape index (κ2) is 5.58. The lowest BCUT2D eigenvalue weighted by molar-refractivity contribution is 0.102. The van der Waals surface area contributed by atoms with Gasteiger partial charge in [0.1, 0.15) is 16.5 Å². The van der Waals surface area contributed by atoms with Crippen molar-refractivity contribution in [2.75, 3.05) is 5.32 Å². The molecule has 2 aromatic carbocycles. The molecule has 0 fully saturated rings. The zero-order chi connectivity index (χ0) is 15.6. The first-order valence-electron chi connectivity index (χ1n) is 5.61. The summed E-state index contributed by atoms with van der Waals surface area (Å²) < 4.78 is 56.8. The van der Waals surface area contributed by atoms with Crippen LogP contribution in [-0.2, 0) is 10.1 Å². The molecule has 8 heteroatoms. The first-order chi connectivity index (χ1) is 9.77. The maximum Gasteiger partial charge on any atom is 0.297 e. The van der Waals surface area contributed by atoms with Crippen LogP contribution in [-0.4, -0.2) is 18.9 Å². The summed E-state index contributed by atoms with van der Waals surface area (Å²) in [4.78, 5) is 10.9. The van der Waals surface area contributed by atoms with Gasteiger partial charge in [-0.15, -0.1) is 0 Å². The Bertz CT molecular complexity index is 788. The first kappa shape index (κ1) is 15.1. The van der Waals surface area contributed by atoms with Crippen molar-refractivity contribution in [3.8, 4) is 0 Å². The van der Waals surface area contributed by atoms with E-state index < -0.39 is 32.6 Å². The Morgan fingerprint density at radius 2 is 1.67 bits per heavy atom. The van der Waals surface area contributed by atoms with E-state index >= 15 is 0 Å². The molecule has 110 valence electrons. The summed E-state index contributed by atoms with van der Waals surface area (Å²) in [6.45, 7) is 0. The van der Waals surface area contributed by atoms with E-state index in [1.807, 2.05) is 0 Å². The molecule has 0 saturated carbocycles. The van der Waals surface area contributed by atoms with Crippen molar-refractivity contribution in [1.82, 2.24) is 0 Å².